The van der Waals surface area contributed by atoms with Crippen molar-refractivity contribution < 1.29 is 24.7 Å². The van der Waals surface area contributed by atoms with Crippen molar-refractivity contribution in [2.45, 2.75) is 19.4 Å². The molecule has 0 heterocycles. The molecule has 0 radical (unpaired) electrons. The number of hydrogen-bond donors (Lipinski definition) is 3. The van der Waals surface area contributed by atoms with E-state index >= 15 is 0 Å². The molecule has 4 N–H and O–H groups in total. The van der Waals surface area contributed by atoms with Gasteiger partial charge in [-0.3, -0.25) is 4.79 Å². The molecule has 2 rings (SSSR count). The Morgan fingerprint density at radius 1 is 1.25 bits per heavy atom. The molecule has 1 amide bonds. The van der Waals surface area contributed by atoms with Gasteiger partial charge in [0, 0.05) is 10.7 Å². The van der Waals surface area contributed by atoms with Crippen molar-refractivity contribution in [3.05, 3.63) is 53.1 Å². The lowest BCUT2D eigenvalue weighted by atomic mass is 10.2. The highest BCUT2D eigenvalue weighted by atomic mass is 35.5. The third-order valence-electron chi connectivity index (χ3n) is 4.18. The van der Waals surface area contributed by atoms with E-state index in [0.29, 0.717) is 29.5 Å². The van der Waals surface area contributed by atoms with E-state index in [-0.39, 0.29) is 6.42 Å². The molecule has 150 valence electrons. The number of anilines is 2. The fourth-order valence-corrected chi connectivity index (χ4v) is 2.81. The summed E-state index contributed by atoms with van der Waals surface area (Å²) in [5.74, 6) is -0.993. The summed E-state index contributed by atoms with van der Waals surface area (Å²) < 4.78 is 5.25. The number of hydrogen-bond acceptors (Lipinski definition) is 5. The maximum atomic E-state index is 12.2. The molecule has 0 fully saturated rings. The maximum Gasteiger partial charge on any atom is 0.230 e. The molecule has 2 aromatic carbocycles. The monoisotopic (exact) mass is 405 g/mol. The standard InChI is InChI=1S/C20H24ClN3O4/c1-13-7-8-14(11-15(13)21)24-19(25)12-17(20(26)27)23-10-9-22-16-5-3-4-6-18(16)28-2/h3-8,11,17,22-23H,9-10,12H2,1-2H3,(H,24,25)(H,26,27)/t17-/m1/s1. The fraction of sp³-hybridized carbons (Fsp3) is 0.300. The van der Waals surface area contributed by atoms with Gasteiger partial charge < -0.3 is 30.6 Å². The van der Waals surface area contributed by atoms with E-state index in [1.165, 1.54) is 0 Å². The molecule has 0 saturated heterocycles. The molecule has 0 unspecified atom stereocenters. The Labute approximate surface area is 169 Å². The Morgan fingerprint density at radius 2 is 2.00 bits per heavy atom. The minimum atomic E-state index is -1.28. The highest BCUT2D eigenvalue weighted by Crippen LogP contribution is 2.22. The number of nitrogens with one attached hydrogen (secondary N) is 2. The molecule has 2 aromatic rings. The molecule has 8 heteroatoms. The van der Waals surface area contributed by atoms with Crippen LogP contribution in [0.4, 0.5) is 11.4 Å². The third kappa shape index (κ3) is 6.44. The van der Waals surface area contributed by atoms with Crippen LogP contribution < -0.4 is 25.8 Å². The molecule has 1 atom stereocenters. The maximum absolute atomic E-state index is 12.2. The molecular weight excluding hydrogens is 382 g/mol. The summed E-state index contributed by atoms with van der Waals surface area (Å²) in [6.45, 7) is 2.80. The van der Waals surface area contributed by atoms with Crippen molar-refractivity contribution in [3.63, 3.8) is 0 Å². The summed E-state index contributed by atoms with van der Waals surface area (Å²) in [7, 11) is 1.58. The number of quaternary nitrogens is 1. The van der Waals surface area contributed by atoms with Crippen LogP contribution in [0, 0.1) is 6.92 Å². The van der Waals surface area contributed by atoms with Crippen LogP contribution >= 0.6 is 11.6 Å². The first-order chi connectivity index (χ1) is 13.4. The normalized spacial score (nSPS) is 11.5. The van der Waals surface area contributed by atoms with Crippen LogP contribution in [-0.2, 0) is 9.59 Å². The number of aryl methyl sites for hydroxylation is 1. The lowest BCUT2D eigenvalue weighted by Gasteiger charge is -2.17. The molecular formula is C20H24ClN3O4. The Morgan fingerprint density at radius 3 is 2.68 bits per heavy atom. The summed E-state index contributed by atoms with van der Waals surface area (Å²) in [6, 6.07) is 11.6. The van der Waals surface area contributed by atoms with Crippen LogP contribution in [0.2, 0.25) is 5.02 Å². The van der Waals surface area contributed by atoms with Gasteiger partial charge in [-0.15, -0.1) is 0 Å². The van der Waals surface area contributed by atoms with Gasteiger partial charge in [0.25, 0.3) is 0 Å². The number of rotatable bonds is 10. The Kier molecular flexibility index (Phi) is 8.10. The minimum absolute atomic E-state index is 0.206. The first-order valence-corrected chi connectivity index (χ1v) is 9.25. The van der Waals surface area contributed by atoms with Gasteiger partial charge >= 0.3 is 0 Å². The molecule has 0 aliphatic carbocycles. The van der Waals surface area contributed by atoms with Crippen molar-refractivity contribution in [2.75, 3.05) is 30.8 Å². The smallest absolute Gasteiger partial charge is 0.230 e. The zero-order chi connectivity index (χ0) is 20.5. The van der Waals surface area contributed by atoms with Crippen molar-refractivity contribution in [3.8, 4) is 5.75 Å². The average molecular weight is 406 g/mol. The predicted octanol–water partition coefficient (Wildman–Crippen LogP) is 0.780. The van der Waals surface area contributed by atoms with Gasteiger partial charge in [0.2, 0.25) is 5.91 Å². The first-order valence-electron chi connectivity index (χ1n) is 8.87. The van der Waals surface area contributed by atoms with Crippen LogP contribution in [-0.4, -0.2) is 38.1 Å². The van der Waals surface area contributed by atoms with Crippen molar-refractivity contribution in [1.82, 2.24) is 0 Å². The van der Waals surface area contributed by atoms with E-state index in [1.807, 2.05) is 31.2 Å². The van der Waals surface area contributed by atoms with Gasteiger partial charge in [-0.25, -0.2) is 0 Å². The zero-order valence-corrected chi connectivity index (χ0v) is 16.6. The quantitative estimate of drug-likeness (QED) is 0.506. The number of methoxy groups -OCH3 is 1. The van der Waals surface area contributed by atoms with E-state index in [4.69, 9.17) is 16.3 Å². The lowest BCUT2D eigenvalue weighted by Crippen LogP contribution is -2.94. The third-order valence-corrected chi connectivity index (χ3v) is 4.59. The number of benzene rings is 2. The molecule has 0 bridgehead atoms. The van der Waals surface area contributed by atoms with Gasteiger partial charge in [0.1, 0.15) is 11.8 Å². The van der Waals surface area contributed by atoms with E-state index in [1.54, 1.807) is 30.6 Å². The Balaban J connectivity index is 1.83. The fourth-order valence-electron chi connectivity index (χ4n) is 2.63. The average Bonchev–Trinajstić information content (AvgIpc) is 2.67. The van der Waals surface area contributed by atoms with E-state index in [9.17, 15) is 14.7 Å². The second kappa shape index (κ2) is 10.5. The number of carbonyl (C=O) groups excluding carboxylic acids is 2. The number of aliphatic carboxylic acids is 1. The van der Waals surface area contributed by atoms with E-state index in [2.05, 4.69) is 10.6 Å². The number of carbonyl (C=O) groups is 2. The van der Waals surface area contributed by atoms with Gasteiger partial charge in [0.15, 0.2) is 0 Å². The van der Waals surface area contributed by atoms with Gasteiger partial charge in [0.05, 0.1) is 38.3 Å². The van der Waals surface area contributed by atoms with Crippen LogP contribution in [0.5, 0.6) is 5.75 Å². The largest absolute Gasteiger partial charge is 0.544 e. The van der Waals surface area contributed by atoms with Crippen LogP contribution in [0.1, 0.15) is 12.0 Å². The predicted molar refractivity (Wildman–Crippen MR) is 107 cm³/mol. The van der Waals surface area contributed by atoms with Crippen molar-refractivity contribution >= 4 is 34.9 Å². The highest BCUT2D eigenvalue weighted by Gasteiger charge is 2.18. The number of nitrogens with two attached hydrogens (primary N) is 1. The summed E-state index contributed by atoms with van der Waals surface area (Å²) in [4.78, 5) is 23.5. The zero-order valence-electron chi connectivity index (χ0n) is 15.8. The first kappa shape index (κ1) is 21.5. The topological polar surface area (TPSA) is 107 Å². The summed E-state index contributed by atoms with van der Waals surface area (Å²) >= 11 is 6.03. The van der Waals surface area contributed by atoms with Gasteiger partial charge in [-0.05, 0) is 36.8 Å². The number of halogens is 1. The summed E-state index contributed by atoms with van der Waals surface area (Å²) in [5.41, 5.74) is 2.23. The van der Waals surface area contributed by atoms with E-state index in [0.717, 1.165) is 11.3 Å². The number of amides is 1. The molecule has 0 aromatic heterocycles. The molecule has 28 heavy (non-hydrogen) atoms. The Hall–Kier alpha value is -2.77. The van der Waals surface area contributed by atoms with Crippen LogP contribution in [0.25, 0.3) is 0 Å². The number of ether oxygens (including phenoxy) is 1. The lowest BCUT2D eigenvalue weighted by molar-refractivity contribution is -0.680. The SMILES string of the molecule is COc1ccccc1NCC[NH2+][C@H](CC(=O)Nc1ccc(C)c(Cl)c1)C(=O)[O-]. The summed E-state index contributed by atoms with van der Waals surface area (Å²) in [5, 5.41) is 19.3. The molecule has 0 aliphatic heterocycles. The second-order valence-electron chi connectivity index (χ2n) is 6.29. The minimum Gasteiger partial charge on any atom is -0.544 e. The van der Waals surface area contributed by atoms with Crippen LogP contribution in [0.15, 0.2) is 42.5 Å². The number of carboxylic acid groups (broad SMARTS) is 1. The molecule has 0 saturated carbocycles. The highest BCUT2D eigenvalue weighted by molar-refractivity contribution is 6.31. The molecule has 7 nitrogen and oxygen atoms in total. The second-order valence-corrected chi connectivity index (χ2v) is 6.70. The van der Waals surface area contributed by atoms with Gasteiger partial charge in [-0.2, -0.15) is 0 Å². The summed E-state index contributed by atoms with van der Waals surface area (Å²) in [6.07, 6.45) is -0.206. The van der Waals surface area contributed by atoms with Crippen molar-refractivity contribution in [1.29, 1.82) is 0 Å². The Bertz CT molecular complexity index is 829. The number of carboxylic acids is 1. The number of para-hydroxylation sites is 2. The van der Waals surface area contributed by atoms with E-state index < -0.39 is 17.9 Å². The van der Waals surface area contributed by atoms with Crippen LogP contribution in [0.3, 0.4) is 0 Å². The molecule has 0 aliphatic rings. The molecule has 0 spiro atoms. The van der Waals surface area contributed by atoms with Gasteiger partial charge in [-0.1, -0.05) is 29.8 Å². The van der Waals surface area contributed by atoms with Crippen molar-refractivity contribution in [2.24, 2.45) is 0 Å².